The van der Waals surface area contributed by atoms with Crippen molar-refractivity contribution < 1.29 is 13.5 Å². The van der Waals surface area contributed by atoms with Crippen LogP contribution in [0.4, 0.5) is 5.95 Å². The molecule has 9 nitrogen and oxygen atoms in total. The summed E-state index contributed by atoms with van der Waals surface area (Å²) in [6.07, 6.45) is 10.3. The lowest BCUT2D eigenvalue weighted by Gasteiger charge is -2.32. The summed E-state index contributed by atoms with van der Waals surface area (Å²) in [5.74, 6) is 0.500. The Hall–Kier alpha value is -3.37. The smallest absolute Gasteiger partial charge is 0.225 e. The Morgan fingerprint density at radius 2 is 1.71 bits per heavy atom. The molecular weight excluding hydrogens is 464 g/mol. The van der Waals surface area contributed by atoms with Gasteiger partial charge in [0.2, 0.25) is 5.95 Å². The summed E-state index contributed by atoms with van der Waals surface area (Å²) in [6.45, 7) is 3.44. The van der Waals surface area contributed by atoms with Gasteiger partial charge in [-0.15, -0.1) is 0 Å². The number of aryl methyl sites for hydroxylation is 1. The van der Waals surface area contributed by atoms with Crippen LogP contribution in [-0.4, -0.2) is 63.7 Å². The van der Waals surface area contributed by atoms with Gasteiger partial charge in [-0.1, -0.05) is 19.1 Å². The third kappa shape index (κ3) is 4.76. The van der Waals surface area contributed by atoms with Crippen molar-refractivity contribution in [3.05, 3.63) is 60.7 Å². The van der Waals surface area contributed by atoms with E-state index in [0.29, 0.717) is 0 Å². The lowest BCUT2D eigenvalue weighted by Crippen LogP contribution is -2.36. The Morgan fingerprint density at radius 1 is 1.00 bits per heavy atom. The summed E-state index contributed by atoms with van der Waals surface area (Å²) in [5, 5.41) is 14.6. The zero-order valence-electron chi connectivity index (χ0n) is 19.6. The third-order valence-corrected chi connectivity index (χ3v) is 8.25. The first-order chi connectivity index (χ1) is 17.0. The third-order valence-electron chi connectivity index (χ3n) is 6.54. The van der Waals surface area contributed by atoms with Gasteiger partial charge in [-0.25, -0.2) is 18.4 Å². The molecule has 0 amide bonds. The Kier molecular flexibility index (Phi) is 6.48. The zero-order valence-corrected chi connectivity index (χ0v) is 20.4. The van der Waals surface area contributed by atoms with Crippen molar-refractivity contribution in [1.82, 2.24) is 24.7 Å². The van der Waals surface area contributed by atoms with Crippen molar-refractivity contribution in [2.24, 2.45) is 0 Å². The van der Waals surface area contributed by atoms with Crippen LogP contribution in [0.5, 0.6) is 0 Å². The van der Waals surface area contributed by atoms with Crippen LogP contribution in [0.1, 0.15) is 31.4 Å². The molecule has 1 N–H and O–H groups in total. The van der Waals surface area contributed by atoms with E-state index in [1.54, 1.807) is 24.3 Å². The number of piperidine rings is 1. The molecule has 0 aliphatic carbocycles. The number of aromatic nitrogens is 5. The molecule has 0 radical (unpaired) electrons. The van der Waals surface area contributed by atoms with E-state index in [4.69, 9.17) is 5.11 Å². The van der Waals surface area contributed by atoms with E-state index in [2.05, 4.69) is 36.6 Å². The van der Waals surface area contributed by atoms with Crippen LogP contribution in [-0.2, 0) is 16.3 Å². The van der Waals surface area contributed by atoms with Gasteiger partial charge in [-0.3, -0.25) is 9.67 Å². The maximum Gasteiger partial charge on any atom is 0.225 e. The van der Waals surface area contributed by atoms with Crippen molar-refractivity contribution in [2.75, 3.05) is 30.3 Å². The molecule has 35 heavy (non-hydrogen) atoms. The monoisotopic (exact) mass is 492 g/mol. The van der Waals surface area contributed by atoms with Gasteiger partial charge in [0.1, 0.15) is 0 Å². The maximum atomic E-state index is 12.1. The molecule has 4 heterocycles. The molecule has 1 aliphatic heterocycles. The lowest BCUT2D eigenvalue weighted by molar-refractivity contribution is 0.319. The highest BCUT2D eigenvalue weighted by atomic mass is 32.2. The van der Waals surface area contributed by atoms with E-state index in [-0.39, 0.29) is 16.7 Å². The SMILES string of the molecule is CCc1cnc(N2CCC(n3ncc4cc(-c5ccc(S(=O)(=O)CCO)cc5)ncc43)CC2)nc1. The number of pyridine rings is 1. The summed E-state index contributed by atoms with van der Waals surface area (Å²) in [7, 11) is -3.47. The number of hydrogen-bond acceptors (Lipinski definition) is 8. The Bertz CT molecular complexity index is 1410. The quantitative estimate of drug-likeness (QED) is 0.419. The lowest BCUT2D eigenvalue weighted by atomic mass is 10.1. The van der Waals surface area contributed by atoms with Crippen LogP contribution in [0, 0.1) is 0 Å². The molecule has 1 fully saturated rings. The van der Waals surface area contributed by atoms with Gasteiger partial charge in [0.25, 0.3) is 0 Å². The molecule has 3 aromatic heterocycles. The molecule has 5 rings (SSSR count). The molecule has 0 spiro atoms. The van der Waals surface area contributed by atoms with E-state index in [1.165, 1.54) is 0 Å². The zero-order chi connectivity index (χ0) is 24.4. The number of benzene rings is 1. The average molecular weight is 493 g/mol. The molecule has 10 heteroatoms. The Labute approximate surface area is 204 Å². The van der Waals surface area contributed by atoms with E-state index in [9.17, 15) is 8.42 Å². The molecule has 1 aromatic carbocycles. The van der Waals surface area contributed by atoms with Gasteiger partial charge < -0.3 is 10.0 Å². The number of sulfone groups is 1. The number of fused-ring (bicyclic) bond motifs is 1. The van der Waals surface area contributed by atoms with Crippen LogP contribution < -0.4 is 4.90 Å². The van der Waals surface area contributed by atoms with E-state index < -0.39 is 16.4 Å². The standard InChI is InChI=1S/C25H28N6O3S/c1-2-18-14-27-25(28-15-18)30-9-7-21(8-10-30)31-24-17-26-23(13-20(24)16-29-31)19-3-5-22(6-4-19)35(33,34)12-11-32/h3-6,13-17,21,32H,2,7-12H2,1H3. The molecule has 1 aliphatic rings. The van der Waals surface area contributed by atoms with Crippen molar-refractivity contribution in [1.29, 1.82) is 0 Å². The summed E-state index contributed by atoms with van der Waals surface area (Å²) in [5.41, 5.74) is 3.70. The maximum absolute atomic E-state index is 12.1. The number of hydrogen-bond donors (Lipinski definition) is 1. The minimum atomic E-state index is -3.47. The molecular formula is C25H28N6O3S. The minimum absolute atomic E-state index is 0.197. The van der Waals surface area contributed by atoms with Gasteiger partial charge in [0, 0.05) is 36.4 Å². The van der Waals surface area contributed by atoms with Gasteiger partial charge in [-0.2, -0.15) is 5.10 Å². The topological polar surface area (TPSA) is 114 Å². The van der Waals surface area contributed by atoms with Gasteiger partial charge in [-0.05, 0) is 43.0 Å². The molecule has 0 unspecified atom stereocenters. The number of aliphatic hydroxyl groups is 1. The Morgan fingerprint density at radius 3 is 2.37 bits per heavy atom. The summed E-state index contributed by atoms with van der Waals surface area (Å²) >= 11 is 0. The van der Waals surface area contributed by atoms with E-state index >= 15 is 0 Å². The highest BCUT2D eigenvalue weighted by molar-refractivity contribution is 7.91. The fourth-order valence-electron chi connectivity index (χ4n) is 4.47. The van der Waals surface area contributed by atoms with E-state index in [1.807, 2.05) is 30.9 Å². The van der Waals surface area contributed by atoms with Crippen molar-refractivity contribution in [2.45, 2.75) is 37.1 Å². The second-order valence-electron chi connectivity index (χ2n) is 8.75. The molecule has 0 atom stereocenters. The number of anilines is 1. The largest absolute Gasteiger partial charge is 0.395 e. The van der Waals surface area contributed by atoms with Crippen LogP contribution >= 0.6 is 0 Å². The van der Waals surface area contributed by atoms with Crippen molar-refractivity contribution in [3.8, 4) is 11.3 Å². The molecule has 0 saturated carbocycles. The first-order valence-electron chi connectivity index (χ1n) is 11.8. The fourth-order valence-corrected chi connectivity index (χ4v) is 5.50. The summed E-state index contributed by atoms with van der Waals surface area (Å²) in [4.78, 5) is 16.1. The first-order valence-corrected chi connectivity index (χ1v) is 13.5. The van der Waals surface area contributed by atoms with Crippen LogP contribution in [0.3, 0.4) is 0 Å². The van der Waals surface area contributed by atoms with Gasteiger partial charge in [0.05, 0.1) is 46.9 Å². The second-order valence-corrected chi connectivity index (χ2v) is 10.9. The number of nitrogens with zero attached hydrogens (tertiary/aromatic N) is 6. The fraction of sp³-hybridized carbons (Fsp3) is 0.360. The van der Waals surface area contributed by atoms with Crippen molar-refractivity contribution in [3.63, 3.8) is 0 Å². The molecule has 182 valence electrons. The molecule has 1 saturated heterocycles. The normalized spacial score (nSPS) is 15.1. The highest BCUT2D eigenvalue weighted by Gasteiger charge is 2.24. The Balaban J connectivity index is 1.30. The molecule has 4 aromatic rings. The van der Waals surface area contributed by atoms with E-state index in [0.717, 1.165) is 66.0 Å². The summed E-state index contributed by atoms with van der Waals surface area (Å²) < 4.78 is 26.3. The average Bonchev–Trinajstić information content (AvgIpc) is 3.32. The van der Waals surface area contributed by atoms with Gasteiger partial charge in [0.15, 0.2) is 9.84 Å². The summed E-state index contributed by atoms with van der Waals surface area (Å²) in [6, 6.07) is 8.86. The van der Waals surface area contributed by atoms with Crippen LogP contribution in [0.25, 0.3) is 22.2 Å². The number of aliphatic hydroxyl groups excluding tert-OH is 1. The number of rotatable bonds is 7. The van der Waals surface area contributed by atoms with Crippen LogP contribution in [0.2, 0.25) is 0 Å². The predicted octanol–water partition coefficient (Wildman–Crippen LogP) is 3.06. The molecule has 0 bridgehead atoms. The highest BCUT2D eigenvalue weighted by Crippen LogP contribution is 2.29. The van der Waals surface area contributed by atoms with Crippen LogP contribution in [0.15, 0.2) is 60.0 Å². The predicted molar refractivity (Wildman–Crippen MR) is 134 cm³/mol. The second kappa shape index (κ2) is 9.71. The van der Waals surface area contributed by atoms with Gasteiger partial charge >= 0.3 is 0 Å². The van der Waals surface area contributed by atoms with Crippen molar-refractivity contribution >= 4 is 26.7 Å². The first kappa shape index (κ1) is 23.4. The minimum Gasteiger partial charge on any atom is -0.395 e.